The van der Waals surface area contributed by atoms with Crippen molar-refractivity contribution in [3.8, 4) is 17.4 Å². The molecular formula is C37H49N7O7S. The standard InChI is InChI=1S/C25H25N3O6S.C12H24N4O/c1-6-34-25-18(8-7-13-27-25)15-24(29)28(21-11-9-19(26-3)14-17(21)2)35(30,31)23-12-10-20(32-4)16-22(23)33-5;1-13-12(17)16-9-7-15(8-10-16)11-3-5-14(2)6-4-11/h7-14,16H,6,15H2,1-2,4-5H3;11H,3-10H2,1-2H3,(H,13,17). The van der Waals surface area contributed by atoms with Gasteiger partial charge in [-0.2, -0.15) is 0 Å². The molecule has 1 N–H and O–H groups in total. The lowest BCUT2D eigenvalue weighted by Crippen LogP contribution is -2.55. The molecule has 280 valence electrons. The molecule has 2 aliphatic rings. The summed E-state index contributed by atoms with van der Waals surface area (Å²) in [6.45, 7) is 17.2. The van der Waals surface area contributed by atoms with Crippen molar-refractivity contribution in [3.63, 3.8) is 0 Å². The smallest absolute Gasteiger partial charge is 0.317 e. The van der Waals surface area contributed by atoms with E-state index in [1.54, 1.807) is 33.0 Å². The summed E-state index contributed by atoms with van der Waals surface area (Å²) < 4.78 is 44.6. The van der Waals surface area contributed by atoms with E-state index in [2.05, 4.69) is 32.0 Å². The first kappa shape index (κ1) is 39.9. The van der Waals surface area contributed by atoms with Gasteiger partial charge in [0.15, 0.2) is 5.69 Å². The Labute approximate surface area is 307 Å². The zero-order chi connectivity index (χ0) is 37.8. The molecule has 2 fully saturated rings. The van der Waals surface area contributed by atoms with Crippen molar-refractivity contribution in [2.75, 3.05) is 78.5 Å². The summed E-state index contributed by atoms with van der Waals surface area (Å²) in [5, 5.41) is 2.70. The summed E-state index contributed by atoms with van der Waals surface area (Å²) in [5.41, 5.74) is 1.34. The van der Waals surface area contributed by atoms with Gasteiger partial charge in [-0.1, -0.05) is 18.2 Å². The maximum Gasteiger partial charge on any atom is 0.317 e. The highest BCUT2D eigenvalue weighted by atomic mass is 32.2. The summed E-state index contributed by atoms with van der Waals surface area (Å²) in [4.78, 5) is 39.3. The molecule has 0 spiro atoms. The largest absolute Gasteiger partial charge is 0.497 e. The quantitative estimate of drug-likeness (QED) is 0.299. The number of piperazine rings is 1. The number of aromatic nitrogens is 1. The number of pyridine rings is 1. The van der Waals surface area contributed by atoms with Gasteiger partial charge in [-0.05, 0) is 76.7 Å². The third-order valence-corrected chi connectivity index (χ3v) is 10.9. The minimum absolute atomic E-state index is 0.0222. The van der Waals surface area contributed by atoms with E-state index in [0.717, 1.165) is 36.5 Å². The molecule has 15 heteroatoms. The van der Waals surface area contributed by atoms with Crippen molar-refractivity contribution < 1.29 is 32.2 Å². The maximum absolute atomic E-state index is 13.9. The molecule has 14 nitrogen and oxygen atoms in total. The molecular weight excluding hydrogens is 687 g/mol. The molecule has 0 radical (unpaired) electrons. The van der Waals surface area contributed by atoms with Gasteiger partial charge in [-0.3, -0.25) is 9.69 Å². The summed E-state index contributed by atoms with van der Waals surface area (Å²) in [6.07, 6.45) is 3.79. The van der Waals surface area contributed by atoms with Crippen LogP contribution in [-0.2, 0) is 21.2 Å². The predicted octanol–water partition coefficient (Wildman–Crippen LogP) is 4.36. The van der Waals surface area contributed by atoms with Crippen LogP contribution in [0.1, 0.15) is 30.9 Å². The number of amides is 3. The molecule has 0 atom stereocenters. The van der Waals surface area contributed by atoms with Gasteiger partial charge in [0.2, 0.25) is 11.8 Å². The van der Waals surface area contributed by atoms with E-state index in [9.17, 15) is 18.0 Å². The molecule has 0 unspecified atom stereocenters. The Hall–Kier alpha value is -4.91. The first-order chi connectivity index (χ1) is 25.0. The van der Waals surface area contributed by atoms with E-state index < -0.39 is 15.9 Å². The second-order valence-electron chi connectivity index (χ2n) is 12.5. The SMILES string of the molecule is CNC(=O)N1CCN(C2CCN(C)CC2)CC1.[C-]#[N+]c1ccc(N(C(=O)Cc2cccnc2OCC)S(=O)(=O)c2ccc(OC)cc2OC)c(C)c1. The molecule has 2 aromatic carbocycles. The highest BCUT2D eigenvalue weighted by molar-refractivity contribution is 7.93. The Morgan fingerprint density at radius 3 is 2.33 bits per heavy atom. The van der Waals surface area contributed by atoms with Crippen molar-refractivity contribution in [1.29, 1.82) is 0 Å². The highest BCUT2D eigenvalue weighted by Gasteiger charge is 2.35. The molecule has 5 rings (SSSR count). The molecule has 0 aliphatic carbocycles. The van der Waals surface area contributed by atoms with E-state index in [0.29, 0.717) is 29.2 Å². The Bertz CT molecular complexity index is 1830. The first-order valence-electron chi connectivity index (χ1n) is 17.2. The molecule has 3 heterocycles. The van der Waals surface area contributed by atoms with Gasteiger partial charge in [-0.15, -0.1) is 0 Å². The fourth-order valence-electron chi connectivity index (χ4n) is 6.29. The number of hydrogen-bond acceptors (Lipinski definition) is 10. The Morgan fingerprint density at radius 1 is 1.02 bits per heavy atom. The second-order valence-corrected chi connectivity index (χ2v) is 14.2. The number of carbonyl (C=O) groups excluding carboxylic acids is 2. The molecule has 0 saturated carbocycles. The number of methoxy groups -OCH3 is 2. The van der Waals surface area contributed by atoms with Crippen LogP contribution in [0.3, 0.4) is 0 Å². The fourth-order valence-corrected chi connectivity index (χ4v) is 7.92. The van der Waals surface area contributed by atoms with Crippen molar-refractivity contribution >= 4 is 33.3 Å². The van der Waals surface area contributed by atoms with E-state index in [1.807, 2.05) is 4.90 Å². The number of nitrogens with one attached hydrogen (secondary N) is 1. The number of rotatable bonds is 10. The predicted molar refractivity (Wildman–Crippen MR) is 199 cm³/mol. The lowest BCUT2D eigenvalue weighted by Gasteiger charge is -2.42. The van der Waals surface area contributed by atoms with Gasteiger partial charge < -0.3 is 29.3 Å². The van der Waals surface area contributed by atoms with Gasteiger partial charge in [0, 0.05) is 57.1 Å². The molecule has 1 aromatic heterocycles. The first-order valence-corrected chi connectivity index (χ1v) is 18.7. The van der Waals surface area contributed by atoms with Crippen molar-refractivity contribution in [2.45, 2.75) is 44.0 Å². The molecule has 2 saturated heterocycles. The van der Waals surface area contributed by atoms with Crippen LogP contribution < -0.4 is 23.8 Å². The average molecular weight is 736 g/mol. The highest BCUT2D eigenvalue weighted by Crippen LogP contribution is 2.36. The van der Waals surface area contributed by atoms with Crippen molar-refractivity contribution in [1.82, 2.24) is 25.0 Å². The van der Waals surface area contributed by atoms with Crippen LogP contribution in [0.5, 0.6) is 17.4 Å². The number of piperidine rings is 1. The third kappa shape index (κ3) is 9.69. The number of anilines is 1. The van der Waals surface area contributed by atoms with E-state index >= 15 is 0 Å². The molecule has 52 heavy (non-hydrogen) atoms. The van der Waals surface area contributed by atoms with Crippen LogP contribution in [-0.4, -0.2) is 120 Å². The number of aryl methyl sites for hydroxylation is 1. The normalized spacial score (nSPS) is 15.4. The summed E-state index contributed by atoms with van der Waals surface area (Å²) in [5.74, 6) is -0.0553. The average Bonchev–Trinajstić information content (AvgIpc) is 3.16. The number of likely N-dealkylation sites (tertiary alicyclic amines) is 1. The Balaban J connectivity index is 0.000000296. The summed E-state index contributed by atoms with van der Waals surface area (Å²) in [6, 6.07) is 12.8. The minimum Gasteiger partial charge on any atom is -0.497 e. The maximum atomic E-state index is 13.9. The summed E-state index contributed by atoms with van der Waals surface area (Å²) >= 11 is 0. The van der Waals surface area contributed by atoms with Crippen molar-refractivity contribution in [3.05, 3.63) is 77.3 Å². The van der Waals surface area contributed by atoms with Crippen LogP contribution in [0, 0.1) is 13.5 Å². The van der Waals surface area contributed by atoms with Gasteiger partial charge >= 0.3 is 6.03 Å². The van der Waals surface area contributed by atoms with Crippen LogP contribution in [0.4, 0.5) is 16.2 Å². The van der Waals surface area contributed by atoms with Crippen LogP contribution >= 0.6 is 0 Å². The molecule has 0 bridgehead atoms. The zero-order valence-corrected chi connectivity index (χ0v) is 31.6. The van der Waals surface area contributed by atoms with Crippen LogP contribution in [0.25, 0.3) is 4.85 Å². The molecule has 3 amide bonds. The number of nitrogens with zero attached hydrogens (tertiary/aromatic N) is 6. The van der Waals surface area contributed by atoms with Gasteiger partial charge in [0.05, 0.1) is 39.5 Å². The van der Waals surface area contributed by atoms with E-state index in [1.165, 1.54) is 82.7 Å². The van der Waals surface area contributed by atoms with Crippen LogP contribution in [0.15, 0.2) is 59.6 Å². The number of carbonyl (C=O) groups is 2. The van der Waals surface area contributed by atoms with Gasteiger partial charge in [0.1, 0.15) is 16.4 Å². The topological polar surface area (TPSA) is 138 Å². The monoisotopic (exact) mass is 735 g/mol. The molecule has 3 aromatic rings. The number of benzene rings is 2. The number of urea groups is 1. The zero-order valence-electron chi connectivity index (χ0n) is 30.8. The number of hydrogen-bond donors (Lipinski definition) is 1. The Morgan fingerprint density at radius 2 is 1.73 bits per heavy atom. The van der Waals surface area contributed by atoms with Gasteiger partial charge in [0.25, 0.3) is 10.0 Å². The molecule has 2 aliphatic heterocycles. The van der Waals surface area contributed by atoms with E-state index in [4.69, 9.17) is 20.8 Å². The number of ether oxygens (including phenoxy) is 3. The lowest BCUT2D eigenvalue weighted by molar-refractivity contribution is -0.116. The fraction of sp³-hybridized carbons (Fsp3) is 0.459. The Kier molecular flexibility index (Phi) is 14.2. The summed E-state index contributed by atoms with van der Waals surface area (Å²) in [7, 11) is 2.23. The number of sulfonamides is 1. The van der Waals surface area contributed by atoms with Crippen LogP contribution in [0.2, 0.25) is 0 Å². The van der Waals surface area contributed by atoms with E-state index in [-0.39, 0.29) is 34.7 Å². The second kappa shape index (κ2) is 18.5. The lowest BCUT2D eigenvalue weighted by atomic mass is 10.0. The van der Waals surface area contributed by atoms with Gasteiger partial charge in [-0.25, -0.2) is 27.3 Å². The van der Waals surface area contributed by atoms with Crippen molar-refractivity contribution in [2.24, 2.45) is 0 Å². The third-order valence-electron chi connectivity index (χ3n) is 9.14. The minimum atomic E-state index is -4.44.